The molecule has 2 fully saturated rings. The molecule has 3 amide bonds. The zero-order chi connectivity index (χ0) is 19.6. The van der Waals surface area contributed by atoms with E-state index in [1.807, 2.05) is 6.92 Å². The van der Waals surface area contributed by atoms with Gasteiger partial charge in [0, 0.05) is 19.6 Å². The highest BCUT2D eigenvalue weighted by molar-refractivity contribution is 5.88. The number of nitrogens with one attached hydrogen (secondary N) is 1. The van der Waals surface area contributed by atoms with Crippen LogP contribution in [0.15, 0.2) is 24.3 Å². The van der Waals surface area contributed by atoms with Crippen LogP contribution in [0.4, 0.5) is 9.18 Å². The number of amides is 3. The maximum Gasteiger partial charge on any atom is 0.318 e. The van der Waals surface area contributed by atoms with E-state index in [0.29, 0.717) is 25.9 Å². The van der Waals surface area contributed by atoms with Crippen molar-refractivity contribution in [3.8, 4) is 0 Å². The van der Waals surface area contributed by atoms with Gasteiger partial charge in [0.15, 0.2) is 0 Å². The third kappa shape index (κ3) is 4.20. The molecule has 3 atom stereocenters. The van der Waals surface area contributed by atoms with Gasteiger partial charge in [-0.1, -0.05) is 12.1 Å². The first kappa shape index (κ1) is 19.1. The number of urea groups is 1. The van der Waals surface area contributed by atoms with Crippen LogP contribution in [0, 0.1) is 11.7 Å². The van der Waals surface area contributed by atoms with E-state index in [4.69, 9.17) is 5.11 Å². The number of nitrogens with zero attached hydrogens (tertiary/aromatic N) is 2. The predicted molar refractivity (Wildman–Crippen MR) is 95.4 cm³/mol. The number of piperidine rings is 1. The van der Waals surface area contributed by atoms with Gasteiger partial charge in [0.25, 0.3) is 0 Å². The van der Waals surface area contributed by atoms with Crippen molar-refractivity contribution < 1.29 is 23.9 Å². The van der Waals surface area contributed by atoms with E-state index in [1.54, 1.807) is 17.0 Å². The number of benzene rings is 1. The fourth-order valence-corrected chi connectivity index (χ4v) is 3.73. The number of aliphatic carboxylic acids is 1. The van der Waals surface area contributed by atoms with Crippen LogP contribution < -0.4 is 5.32 Å². The molecule has 2 aliphatic heterocycles. The van der Waals surface area contributed by atoms with Gasteiger partial charge in [-0.05, 0) is 43.9 Å². The third-order valence-electron chi connectivity index (χ3n) is 5.42. The SMILES string of the molecule is CC(c1ccc(F)cc1)N1CCCC(NC(=O)N2CCC(C(=O)O)C2)C1=O. The van der Waals surface area contributed by atoms with E-state index in [9.17, 15) is 18.8 Å². The van der Waals surface area contributed by atoms with Crippen LogP contribution in [0.3, 0.4) is 0 Å². The molecule has 1 aromatic carbocycles. The standard InChI is InChI=1S/C19H24FN3O4/c1-12(13-4-6-15(20)7-5-13)23-9-2-3-16(17(23)24)21-19(27)22-10-8-14(11-22)18(25)26/h4-7,12,14,16H,2-3,8-11H2,1H3,(H,21,27)(H,25,26). The molecule has 0 saturated carbocycles. The van der Waals surface area contributed by atoms with Crippen molar-refractivity contribution in [2.24, 2.45) is 5.92 Å². The lowest BCUT2D eigenvalue weighted by Crippen LogP contribution is -2.55. The van der Waals surface area contributed by atoms with E-state index in [1.165, 1.54) is 17.0 Å². The normalized spacial score (nSPS) is 24.0. The molecule has 1 aromatic rings. The lowest BCUT2D eigenvalue weighted by atomic mass is 9.99. The number of rotatable bonds is 4. The van der Waals surface area contributed by atoms with E-state index >= 15 is 0 Å². The summed E-state index contributed by atoms with van der Waals surface area (Å²) < 4.78 is 13.1. The second-order valence-electron chi connectivity index (χ2n) is 7.17. The van der Waals surface area contributed by atoms with Crippen LogP contribution >= 0.6 is 0 Å². The molecular formula is C19H24FN3O4. The molecule has 0 bridgehead atoms. The van der Waals surface area contributed by atoms with Crippen molar-refractivity contribution in [2.45, 2.75) is 38.3 Å². The molecule has 0 aliphatic carbocycles. The predicted octanol–water partition coefficient (Wildman–Crippen LogP) is 1.99. The second kappa shape index (κ2) is 7.94. The molecule has 27 heavy (non-hydrogen) atoms. The Morgan fingerprint density at radius 2 is 1.93 bits per heavy atom. The first-order valence-corrected chi connectivity index (χ1v) is 9.21. The summed E-state index contributed by atoms with van der Waals surface area (Å²) in [4.78, 5) is 39.5. The number of hydrogen-bond donors (Lipinski definition) is 2. The Morgan fingerprint density at radius 3 is 2.56 bits per heavy atom. The molecule has 0 radical (unpaired) electrons. The molecule has 3 rings (SSSR count). The summed E-state index contributed by atoms with van der Waals surface area (Å²) in [5.41, 5.74) is 0.834. The van der Waals surface area contributed by atoms with Gasteiger partial charge in [-0.3, -0.25) is 9.59 Å². The number of carbonyl (C=O) groups excluding carboxylic acids is 2. The van der Waals surface area contributed by atoms with E-state index in [0.717, 1.165) is 12.0 Å². The number of carboxylic acids is 1. The van der Waals surface area contributed by atoms with Crippen molar-refractivity contribution >= 4 is 17.9 Å². The van der Waals surface area contributed by atoms with Gasteiger partial charge in [0.05, 0.1) is 12.0 Å². The zero-order valence-electron chi connectivity index (χ0n) is 15.2. The summed E-state index contributed by atoms with van der Waals surface area (Å²) in [7, 11) is 0. The smallest absolute Gasteiger partial charge is 0.318 e. The first-order chi connectivity index (χ1) is 12.9. The van der Waals surface area contributed by atoms with Gasteiger partial charge in [0.1, 0.15) is 11.9 Å². The Morgan fingerprint density at radius 1 is 1.22 bits per heavy atom. The summed E-state index contributed by atoms with van der Waals surface area (Å²) in [5.74, 6) is -1.95. The number of carbonyl (C=O) groups is 3. The maximum absolute atomic E-state index is 13.1. The molecule has 3 unspecified atom stereocenters. The molecule has 146 valence electrons. The van der Waals surface area contributed by atoms with Crippen LogP contribution in [0.5, 0.6) is 0 Å². The van der Waals surface area contributed by atoms with Crippen molar-refractivity contribution in [2.75, 3.05) is 19.6 Å². The fourth-order valence-electron chi connectivity index (χ4n) is 3.73. The molecule has 0 spiro atoms. The molecule has 0 aromatic heterocycles. The van der Waals surface area contributed by atoms with E-state index in [2.05, 4.69) is 5.32 Å². The summed E-state index contributed by atoms with van der Waals surface area (Å²) >= 11 is 0. The second-order valence-corrected chi connectivity index (χ2v) is 7.17. The lowest BCUT2D eigenvalue weighted by Gasteiger charge is -2.37. The Bertz CT molecular complexity index is 724. The summed E-state index contributed by atoms with van der Waals surface area (Å²) in [6, 6.07) is 4.81. The fraction of sp³-hybridized carbons (Fsp3) is 0.526. The Balaban J connectivity index is 1.62. The molecule has 2 N–H and O–H groups in total. The molecule has 2 saturated heterocycles. The van der Waals surface area contributed by atoms with Crippen molar-refractivity contribution in [3.63, 3.8) is 0 Å². The first-order valence-electron chi connectivity index (χ1n) is 9.21. The van der Waals surface area contributed by atoms with E-state index < -0.39 is 24.0 Å². The zero-order valence-corrected chi connectivity index (χ0v) is 15.2. The minimum Gasteiger partial charge on any atom is -0.481 e. The summed E-state index contributed by atoms with van der Waals surface area (Å²) in [6.07, 6.45) is 1.72. The quantitative estimate of drug-likeness (QED) is 0.840. The van der Waals surface area contributed by atoms with Gasteiger partial charge < -0.3 is 20.2 Å². The molecule has 8 heteroatoms. The van der Waals surface area contributed by atoms with E-state index in [-0.39, 0.29) is 24.3 Å². The number of carboxylic acid groups (broad SMARTS) is 1. The number of likely N-dealkylation sites (tertiary alicyclic amines) is 2. The van der Waals surface area contributed by atoms with Crippen molar-refractivity contribution in [1.29, 1.82) is 0 Å². The van der Waals surface area contributed by atoms with Crippen LogP contribution in [0.25, 0.3) is 0 Å². The van der Waals surface area contributed by atoms with Crippen LogP contribution in [0.2, 0.25) is 0 Å². The Kier molecular flexibility index (Phi) is 5.62. The number of hydrogen-bond acceptors (Lipinski definition) is 3. The average molecular weight is 377 g/mol. The highest BCUT2D eigenvalue weighted by Gasteiger charge is 2.36. The van der Waals surface area contributed by atoms with Crippen LogP contribution in [-0.4, -0.2) is 58.5 Å². The molecular weight excluding hydrogens is 353 g/mol. The highest BCUT2D eigenvalue weighted by Crippen LogP contribution is 2.26. The van der Waals surface area contributed by atoms with Crippen LogP contribution in [-0.2, 0) is 9.59 Å². The summed E-state index contributed by atoms with van der Waals surface area (Å²) in [5, 5.41) is 11.8. The lowest BCUT2D eigenvalue weighted by molar-refractivity contribution is -0.141. The third-order valence-corrected chi connectivity index (χ3v) is 5.42. The molecule has 2 aliphatic rings. The van der Waals surface area contributed by atoms with Gasteiger partial charge in [-0.25, -0.2) is 9.18 Å². The molecule has 7 nitrogen and oxygen atoms in total. The topological polar surface area (TPSA) is 90.0 Å². The molecule has 2 heterocycles. The Labute approximate surface area is 157 Å². The van der Waals surface area contributed by atoms with Crippen molar-refractivity contribution in [1.82, 2.24) is 15.1 Å². The monoisotopic (exact) mass is 377 g/mol. The van der Waals surface area contributed by atoms with Crippen molar-refractivity contribution in [3.05, 3.63) is 35.6 Å². The van der Waals surface area contributed by atoms with Crippen LogP contribution in [0.1, 0.15) is 37.8 Å². The van der Waals surface area contributed by atoms with Gasteiger partial charge in [0.2, 0.25) is 5.91 Å². The van der Waals surface area contributed by atoms with Gasteiger partial charge in [-0.2, -0.15) is 0 Å². The largest absolute Gasteiger partial charge is 0.481 e. The Hall–Kier alpha value is -2.64. The summed E-state index contributed by atoms with van der Waals surface area (Å²) in [6.45, 7) is 3.00. The highest BCUT2D eigenvalue weighted by atomic mass is 19.1. The minimum absolute atomic E-state index is 0.164. The minimum atomic E-state index is -0.904. The van der Waals surface area contributed by atoms with Gasteiger partial charge in [-0.15, -0.1) is 0 Å². The average Bonchev–Trinajstić information content (AvgIpc) is 3.14. The number of halogens is 1. The van der Waals surface area contributed by atoms with Gasteiger partial charge >= 0.3 is 12.0 Å². The maximum atomic E-state index is 13.1.